The first kappa shape index (κ1) is 12.3. The molecule has 3 rings (SSSR count). The third-order valence-corrected chi connectivity index (χ3v) is 3.86. The van der Waals surface area contributed by atoms with Gasteiger partial charge in [-0.2, -0.15) is 0 Å². The van der Waals surface area contributed by atoms with E-state index in [1.807, 2.05) is 41.8 Å². The van der Waals surface area contributed by atoms with Crippen molar-refractivity contribution < 1.29 is 9.53 Å². The Hall–Kier alpha value is -1.72. The van der Waals surface area contributed by atoms with Gasteiger partial charge in [0, 0.05) is 4.47 Å². The first-order chi connectivity index (χ1) is 9.22. The summed E-state index contributed by atoms with van der Waals surface area (Å²) >= 11 is 4.88. The quantitative estimate of drug-likeness (QED) is 0.618. The molecule has 1 aliphatic rings. The van der Waals surface area contributed by atoms with E-state index in [0.717, 1.165) is 14.9 Å². The summed E-state index contributed by atoms with van der Waals surface area (Å²) in [5.41, 5.74) is 1.22. The third-order valence-electron chi connectivity index (χ3n) is 2.50. The summed E-state index contributed by atoms with van der Waals surface area (Å²) < 4.78 is 6.12. The van der Waals surface area contributed by atoms with Crippen LogP contribution < -0.4 is 0 Å². The predicted octanol–water partition coefficient (Wildman–Crippen LogP) is 3.86. The van der Waals surface area contributed by atoms with Crippen molar-refractivity contribution in [2.75, 3.05) is 0 Å². The Balaban J connectivity index is 1.95. The van der Waals surface area contributed by atoms with E-state index in [4.69, 9.17) is 4.74 Å². The minimum Gasteiger partial charge on any atom is -0.401 e. The summed E-state index contributed by atoms with van der Waals surface area (Å²) in [7, 11) is 0. The summed E-state index contributed by atoms with van der Waals surface area (Å²) in [6, 6.07) is 11.4. The molecule has 1 aliphatic heterocycles. The molecule has 0 bridgehead atoms. The fourth-order valence-corrected chi connectivity index (χ4v) is 2.73. The maximum atomic E-state index is 11.8. The van der Waals surface area contributed by atoms with Crippen LogP contribution in [0.2, 0.25) is 0 Å². The van der Waals surface area contributed by atoms with E-state index in [1.54, 1.807) is 6.08 Å². The van der Waals surface area contributed by atoms with Crippen LogP contribution in [0.25, 0.3) is 6.08 Å². The van der Waals surface area contributed by atoms with Gasteiger partial charge in [-0.25, -0.2) is 9.79 Å². The Bertz CT molecular complexity index is 689. The zero-order chi connectivity index (χ0) is 13.2. The number of ether oxygens (including phenoxy) is 1. The summed E-state index contributed by atoms with van der Waals surface area (Å²) in [5.74, 6) is -0.0374. The van der Waals surface area contributed by atoms with Crippen molar-refractivity contribution in [2.45, 2.75) is 0 Å². The Kier molecular flexibility index (Phi) is 3.31. The topological polar surface area (TPSA) is 38.7 Å². The van der Waals surface area contributed by atoms with Crippen LogP contribution in [-0.4, -0.2) is 11.9 Å². The number of hydrogen-bond donors (Lipinski definition) is 0. The van der Waals surface area contributed by atoms with Crippen molar-refractivity contribution in [1.82, 2.24) is 0 Å². The van der Waals surface area contributed by atoms with E-state index in [2.05, 4.69) is 20.9 Å². The fourth-order valence-electron chi connectivity index (χ4n) is 1.67. The van der Waals surface area contributed by atoms with Gasteiger partial charge in [0.15, 0.2) is 5.70 Å². The molecular weight excluding hydrogens is 326 g/mol. The van der Waals surface area contributed by atoms with E-state index in [-0.39, 0.29) is 0 Å². The van der Waals surface area contributed by atoms with Gasteiger partial charge in [0.2, 0.25) is 5.90 Å². The standard InChI is InChI=1S/C14H8BrNO2S/c15-10-4-1-3-9(7-10)8-11-14(17)18-13(16-11)12-5-2-6-19-12/h1-8H/b11-8+. The van der Waals surface area contributed by atoms with Crippen LogP contribution in [0.4, 0.5) is 0 Å². The second kappa shape index (κ2) is 5.11. The molecule has 0 unspecified atom stereocenters. The first-order valence-corrected chi connectivity index (χ1v) is 7.22. The molecule has 0 saturated heterocycles. The van der Waals surface area contributed by atoms with Crippen molar-refractivity contribution in [1.29, 1.82) is 0 Å². The first-order valence-electron chi connectivity index (χ1n) is 5.54. The zero-order valence-corrected chi connectivity index (χ0v) is 12.1. The predicted molar refractivity (Wildman–Crippen MR) is 79.1 cm³/mol. The number of halogens is 1. The van der Waals surface area contributed by atoms with Crippen LogP contribution in [0, 0.1) is 0 Å². The van der Waals surface area contributed by atoms with Crippen LogP contribution >= 0.6 is 27.3 Å². The van der Waals surface area contributed by atoms with Crippen LogP contribution in [0.5, 0.6) is 0 Å². The second-order valence-corrected chi connectivity index (χ2v) is 5.73. The molecule has 94 valence electrons. The molecule has 0 amide bonds. The number of rotatable bonds is 2. The number of carbonyl (C=O) groups excluding carboxylic acids is 1. The summed E-state index contributed by atoms with van der Waals surface area (Å²) in [5, 5.41) is 1.92. The average Bonchev–Trinajstić information content (AvgIpc) is 3.00. The van der Waals surface area contributed by atoms with Crippen LogP contribution in [0.15, 0.2) is 56.9 Å². The number of hydrogen-bond acceptors (Lipinski definition) is 4. The molecule has 0 radical (unpaired) electrons. The highest BCUT2D eigenvalue weighted by Gasteiger charge is 2.24. The molecule has 19 heavy (non-hydrogen) atoms. The van der Waals surface area contributed by atoms with E-state index >= 15 is 0 Å². The third kappa shape index (κ3) is 2.67. The van der Waals surface area contributed by atoms with Crippen molar-refractivity contribution in [3.8, 4) is 0 Å². The highest BCUT2D eigenvalue weighted by atomic mass is 79.9. The van der Waals surface area contributed by atoms with E-state index in [9.17, 15) is 4.79 Å². The lowest BCUT2D eigenvalue weighted by Crippen LogP contribution is -2.03. The van der Waals surface area contributed by atoms with Crippen molar-refractivity contribution >= 4 is 45.2 Å². The molecule has 0 saturated carbocycles. The molecule has 2 aromatic rings. The Morgan fingerprint density at radius 3 is 2.89 bits per heavy atom. The lowest BCUT2D eigenvalue weighted by molar-refractivity contribution is -0.129. The van der Waals surface area contributed by atoms with Gasteiger partial charge in [0.05, 0.1) is 4.88 Å². The largest absolute Gasteiger partial charge is 0.401 e. The van der Waals surface area contributed by atoms with Gasteiger partial charge in [-0.15, -0.1) is 11.3 Å². The molecule has 0 spiro atoms. The molecule has 1 aromatic carbocycles. The highest BCUT2D eigenvalue weighted by Crippen LogP contribution is 2.22. The Morgan fingerprint density at radius 2 is 2.16 bits per heavy atom. The SMILES string of the molecule is O=C1OC(c2cccs2)=N/C1=C/c1cccc(Br)c1. The lowest BCUT2D eigenvalue weighted by Gasteiger charge is -1.95. The van der Waals surface area contributed by atoms with Crippen molar-refractivity contribution in [2.24, 2.45) is 4.99 Å². The van der Waals surface area contributed by atoms with Gasteiger partial charge >= 0.3 is 5.97 Å². The Morgan fingerprint density at radius 1 is 1.26 bits per heavy atom. The Labute approximate surface area is 122 Å². The minimum atomic E-state index is -0.414. The molecule has 3 nitrogen and oxygen atoms in total. The monoisotopic (exact) mass is 333 g/mol. The second-order valence-electron chi connectivity index (χ2n) is 3.87. The molecule has 0 N–H and O–H groups in total. The van der Waals surface area contributed by atoms with E-state index < -0.39 is 5.97 Å². The van der Waals surface area contributed by atoms with Crippen molar-refractivity contribution in [3.63, 3.8) is 0 Å². The molecule has 2 heterocycles. The number of aliphatic imine (C=N–C) groups is 1. The van der Waals surface area contributed by atoms with E-state index in [0.29, 0.717) is 11.6 Å². The van der Waals surface area contributed by atoms with Gasteiger partial charge < -0.3 is 4.74 Å². The van der Waals surface area contributed by atoms with Gasteiger partial charge in [-0.1, -0.05) is 34.1 Å². The summed E-state index contributed by atoms with van der Waals surface area (Å²) in [4.78, 5) is 16.8. The number of thiophene rings is 1. The number of esters is 1. The summed E-state index contributed by atoms with van der Waals surface area (Å²) in [6.07, 6.45) is 1.72. The molecular formula is C14H8BrNO2S. The molecule has 0 fully saturated rings. The number of cyclic esters (lactones) is 1. The molecule has 5 heteroatoms. The maximum absolute atomic E-state index is 11.8. The summed E-state index contributed by atoms with van der Waals surface area (Å²) in [6.45, 7) is 0. The average molecular weight is 334 g/mol. The lowest BCUT2D eigenvalue weighted by atomic mass is 10.2. The highest BCUT2D eigenvalue weighted by molar-refractivity contribution is 9.10. The smallest absolute Gasteiger partial charge is 0.363 e. The number of benzene rings is 1. The number of nitrogens with zero attached hydrogens (tertiary/aromatic N) is 1. The molecule has 0 aliphatic carbocycles. The van der Waals surface area contributed by atoms with Crippen LogP contribution in [0.1, 0.15) is 10.4 Å². The zero-order valence-electron chi connectivity index (χ0n) is 9.67. The normalized spacial score (nSPS) is 16.6. The van der Waals surface area contributed by atoms with Gasteiger partial charge in [0.1, 0.15) is 0 Å². The minimum absolute atomic E-state index is 0.321. The fraction of sp³-hybridized carbons (Fsp3) is 0. The van der Waals surface area contributed by atoms with Crippen molar-refractivity contribution in [3.05, 3.63) is 62.4 Å². The molecule has 0 atom stereocenters. The van der Waals surface area contributed by atoms with Gasteiger partial charge in [-0.05, 0) is 35.2 Å². The van der Waals surface area contributed by atoms with Crippen LogP contribution in [-0.2, 0) is 9.53 Å². The van der Waals surface area contributed by atoms with E-state index in [1.165, 1.54) is 11.3 Å². The maximum Gasteiger partial charge on any atom is 0.363 e. The number of carbonyl (C=O) groups is 1. The van der Waals surface area contributed by atoms with Gasteiger partial charge in [0.25, 0.3) is 0 Å². The molecule has 1 aromatic heterocycles. The van der Waals surface area contributed by atoms with Crippen LogP contribution in [0.3, 0.4) is 0 Å². The van der Waals surface area contributed by atoms with Gasteiger partial charge in [-0.3, -0.25) is 0 Å².